The highest BCUT2D eigenvalue weighted by molar-refractivity contribution is 6.10. The second kappa shape index (κ2) is 7.16. The van der Waals surface area contributed by atoms with Gasteiger partial charge in [0, 0.05) is 38.7 Å². The van der Waals surface area contributed by atoms with Crippen LogP contribution in [0.1, 0.15) is 36.7 Å². The largest absolute Gasteiger partial charge is 0.382 e. The predicted octanol–water partition coefficient (Wildman–Crippen LogP) is 3.70. The molecule has 3 aromatic rings. The van der Waals surface area contributed by atoms with Gasteiger partial charge in [-0.1, -0.05) is 18.2 Å². The van der Waals surface area contributed by atoms with Gasteiger partial charge in [-0.3, -0.25) is 4.79 Å². The van der Waals surface area contributed by atoms with E-state index in [2.05, 4.69) is 40.2 Å². The molecule has 1 saturated carbocycles. The minimum Gasteiger partial charge on any atom is -0.382 e. The van der Waals surface area contributed by atoms with Crippen molar-refractivity contribution in [3.05, 3.63) is 36.0 Å². The van der Waals surface area contributed by atoms with Crippen LogP contribution in [0.3, 0.4) is 0 Å². The van der Waals surface area contributed by atoms with Gasteiger partial charge < -0.3 is 19.2 Å². The van der Waals surface area contributed by atoms with Gasteiger partial charge in [0.2, 0.25) is 0 Å². The van der Waals surface area contributed by atoms with Gasteiger partial charge in [0.1, 0.15) is 5.69 Å². The van der Waals surface area contributed by atoms with E-state index in [9.17, 15) is 4.79 Å². The van der Waals surface area contributed by atoms with E-state index >= 15 is 0 Å². The fourth-order valence-electron chi connectivity index (χ4n) is 3.73. The Bertz CT molecular complexity index is 934. The molecule has 0 spiro atoms. The molecule has 0 radical (unpaired) electrons. The second-order valence-corrected chi connectivity index (χ2v) is 7.20. The van der Waals surface area contributed by atoms with E-state index < -0.39 is 0 Å². The Morgan fingerprint density at radius 2 is 2.08 bits per heavy atom. The summed E-state index contributed by atoms with van der Waals surface area (Å²) in [6.45, 7) is 5.06. The molecule has 0 aliphatic heterocycles. The molecule has 2 heterocycles. The molecule has 138 valence electrons. The molecule has 0 bridgehead atoms. The molecular weight excluding hydrogens is 326 g/mol. The van der Waals surface area contributed by atoms with Crippen molar-refractivity contribution in [1.29, 1.82) is 0 Å². The lowest BCUT2D eigenvalue weighted by Crippen LogP contribution is -2.27. The highest BCUT2D eigenvalue weighted by Crippen LogP contribution is 2.36. The van der Waals surface area contributed by atoms with E-state index in [0.717, 1.165) is 30.1 Å². The molecule has 0 saturated heterocycles. The number of hydrogen-bond acceptors (Lipinski definition) is 2. The first-order chi connectivity index (χ1) is 12.7. The van der Waals surface area contributed by atoms with Crippen LogP contribution in [0.25, 0.3) is 21.9 Å². The summed E-state index contributed by atoms with van der Waals surface area (Å²) in [5, 5.41) is 4.24. The average Bonchev–Trinajstić information content (AvgIpc) is 3.33. The van der Waals surface area contributed by atoms with Gasteiger partial charge in [-0.2, -0.15) is 0 Å². The van der Waals surface area contributed by atoms with Gasteiger partial charge in [0.15, 0.2) is 0 Å². The SMILES string of the molecule is CCOCCCNC(=O)c1cc2c(c3ccccc3n2CC2CC2)n1C. The highest BCUT2D eigenvalue weighted by atomic mass is 16.5. The molecule has 5 heteroatoms. The number of para-hydroxylation sites is 1. The number of ether oxygens (including phenoxy) is 1. The van der Waals surface area contributed by atoms with Gasteiger partial charge in [0.05, 0.1) is 16.6 Å². The minimum atomic E-state index is -0.0118. The van der Waals surface area contributed by atoms with Crippen LogP contribution >= 0.6 is 0 Å². The van der Waals surface area contributed by atoms with Gasteiger partial charge in [-0.15, -0.1) is 0 Å². The summed E-state index contributed by atoms with van der Waals surface area (Å²) in [6.07, 6.45) is 3.46. The number of rotatable bonds is 8. The Kier molecular flexibility index (Phi) is 4.72. The van der Waals surface area contributed by atoms with Crippen LogP contribution in [0.2, 0.25) is 0 Å². The highest BCUT2D eigenvalue weighted by Gasteiger charge is 2.25. The van der Waals surface area contributed by atoms with Crippen molar-refractivity contribution in [1.82, 2.24) is 14.5 Å². The summed E-state index contributed by atoms with van der Waals surface area (Å²) in [5.74, 6) is 0.771. The van der Waals surface area contributed by atoms with Crippen molar-refractivity contribution < 1.29 is 9.53 Å². The van der Waals surface area contributed by atoms with Crippen molar-refractivity contribution in [2.75, 3.05) is 19.8 Å². The first-order valence-electron chi connectivity index (χ1n) is 9.63. The van der Waals surface area contributed by atoms with Gasteiger partial charge in [-0.25, -0.2) is 0 Å². The van der Waals surface area contributed by atoms with Gasteiger partial charge >= 0.3 is 0 Å². The predicted molar refractivity (Wildman–Crippen MR) is 105 cm³/mol. The third-order valence-electron chi connectivity index (χ3n) is 5.28. The number of aryl methyl sites for hydroxylation is 1. The van der Waals surface area contributed by atoms with Gasteiger partial charge in [-0.05, 0) is 44.2 Å². The van der Waals surface area contributed by atoms with Crippen molar-refractivity contribution in [3.8, 4) is 0 Å². The van der Waals surface area contributed by atoms with Crippen molar-refractivity contribution in [2.45, 2.75) is 32.7 Å². The Balaban J connectivity index is 1.64. The van der Waals surface area contributed by atoms with Crippen LogP contribution < -0.4 is 5.32 Å². The molecule has 5 nitrogen and oxygen atoms in total. The molecule has 26 heavy (non-hydrogen) atoms. The van der Waals surface area contributed by atoms with Crippen LogP contribution in [0.4, 0.5) is 0 Å². The maximum absolute atomic E-state index is 12.7. The third-order valence-corrected chi connectivity index (χ3v) is 5.28. The number of nitrogens with one attached hydrogen (secondary N) is 1. The Labute approximate surface area is 153 Å². The zero-order valence-electron chi connectivity index (χ0n) is 15.6. The summed E-state index contributed by atoms with van der Waals surface area (Å²) in [7, 11) is 1.99. The lowest BCUT2D eigenvalue weighted by Gasteiger charge is -2.07. The second-order valence-electron chi connectivity index (χ2n) is 7.20. The Morgan fingerprint density at radius 3 is 2.85 bits per heavy atom. The molecule has 1 aliphatic rings. The molecule has 1 amide bonds. The minimum absolute atomic E-state index is 0.0118. The molecule has 1 N–H and O–H groups in total. The van der Waals surface area contributed by atoms with Crippen LogP contribution in [0.15, 0.2) is 30.3 Å². The van der Waals surface area contributed by atoms with E-state index in [4.69, 9.17) is 4.74 Å². The topological polar surface area (TPSA) is 48.2 Å². The third kappa shape index (κ3) is 3.12. The molecule has 1 aromatic carbocycles. The number of carbonyl (C=O) groups excluding carboxylic acids is 1. The zero-order chi connectivity index (χ0) is 18.1. The maximum atomic E-state index is 12.7. The van der Waals surface area contributed by atoms with E-state index in [1.165, 1.54) is 29.3 Å². The Hall–Kier alpha value is -2.27. The summed E-state index contributed by atoms with van der Waals surface area (Å²) >= 11 is 0. The summed E-state index contributed by atoms with van der Waals surface area (Å²) in [5.41, 5.74) is 4.31. The first kappa shape index (κ1) is 17.2. The standard InChI is InChI=1S/C21H27N3O2/c1-3-26-12-6-11-22-21(25)19-13-18-20(23(19)2)16-7-4-5-8-17(16)24(18)14-15-9-10-15/h4-5,7-8,13,15H,3,6,9-12,14H2,1-2H3,(H,22,25). The van der Waals surface area contributed by atoms with Crippen LogP contribution in [-0.4, -0.2) is 34.8 Å². The number of fused-ring (bicyclic) bond motifs is 3. The molecule has 2 aromatic heterocycles. The fraction of sp³-hybridized carbons (Fsp3) is 0.476. The molecule has 0 atom stereocenters. The van der Waals surface area contributed by atoms with E-state index in [1.54, 1.807) is 0 Å². The summed E-state index contributed by atoms with van der Waals surface area (Å²) < 4.78 is 9.76. The average molecular weight is 353 g/mol. The van der Waals surface area contributed by atoms with Crippen LogP contribution in [0, 0.1) is 5.92 Å². The monoisotopic (exact) mass is 353 g/mol. The lowest BCUT2D eigenvalue weighted by molar-refractivity contribution is 0.0936. The number of hydrogen-bond donors (Lipinski definition) is 1. The van der Waals surface area contributed by atoms with Crippen molar-refractivity contribution in [2.24, 2.45) is 13.0 Å². The molecular formula is C21H27N3O2. The van der Waals surface area contributed by atoms with E-state index in [-0.39, 0.29) is 5.91 Å². The lowest BCUT2D eigenvalue weighted by atomic mass is 10.2. The van der Waals surface area contributed by atoms with E-state index in [0.29, 0.717) is 19.8 Å². The maximum Gasteiger partial charge on any atom is 0.267 e. The molecule has 1 aliphatic carbocycles. The van der Waals surface area contributed by atoms with Gasteiger partial charge in [0.25, 0.3) is 5.91 Å². The fourth-order valence-corrected chi connectivity index (χ4v) is 3.73. The van der Waals surface area contributed by atoms with Crippen LogP contribution in [-0.2, 0) is 18.3 Å². The van der Waals surface area contributed by atoms with Crippen LogP contribution in [0.5, 0.6) is 0 Å². The van der Waals surface area contributed by atoms with Crippen molar-refractivity contribution >= 4 is 27.8 Å². The molecule has 0 unspecified atom stereocenters. The quantitative estimate of drug-likeness (QED) is 0.628. The number of nitrogens with zero attached hydrogens (tertiary/aromatic N) is 2. The first-order valence-corrected chi connectivity index (χ1v) is 9.63. The summed E-state index contributed by atoms with van der Waals surface area (Å²) in [4.78, 5) is 12.7. The number of amides is 1. The molecule has 4 rings (SSSR count). The van der Waals surface area contributed by atoms with Crippen molar-refractivity contribution in [3.63, 3.8) is 0 Å². The Morgan fingerprint density at radius 1 is 1.27 bits per heavy atom. The molecule has 1 fully saturated rings. The normalized spacial score (nSPS) is 14.4. The van der Waals surface area contributed by atoms with E-state index in [1.807, 2.05) is 18.5 Å². The number of aromatic nitrogens is 2. The number of carbonyl (C=O) groups is 1. The smallest absolute Gasteiger partial charge is 0.267 e. The zero-order valence-corrected chi connectivity index (χ0v) is 15.6. The summed E-state index contributed by atoms with van der Waals surface area (Å²) in [6, 6.07) is 10.6. The number of benzene rings is 1.